The van der Waals surface area contributed by atoms with Gasteiger partial charge in [-0.1, -0.05) is 61.8 Å². The van der Waals surface area contributed by atoms with Gasteiger partial charge in [-0.2, -0.15) is 0 Å². The molecule has 0 saturated carbocycles. The molecule has 0 unspecified atom stereocenters. The van der Waals surface area contributed by atoms with Crippen LogP contribution in [0.5, 0.6) is 5.75 Å². The summed E-state index contributed by atoms with van der Waals surface area (Å²) in [6, 6.07) is 15.6. The van der Waals surface area contributed by atoms with E-state index in [-0.39, 0.29) is 30.4 Å². The molecule has 0 bridgehead atoms. The molecule has 3 rings (SSSR count). The van der Waals surface area contributed by atoms with Gasteiger partial charge in [-0.15, -0.1) is 0 Å². The van der Waals surface area contributed by atoms with Crippen molar-refractivity contribution in [1.82, 2.24) is 10.2 Å². The number of halogens is 1. The first-order valence-electron chi connectivity index (χ1n) is 11.1. The lowest BCUT2D eigenvalue weighted by Crippen LogP contribution is -2.48. The number of likely N-dealkylation sites (tertiary alicyclic amines) is 1. The third kappa shape index (κ3) is 6.23. The lowest BCUT2D eigenvalue weighted by Gasteiger charge is -2.34. The van der Waals surface area contributed by atoms with Gasteiger partial charge >= 0.3 is 0 Å². The van der Waals surface area contributed by atoms with Crippen LogP contribution in [0.25, 0.3) is 11.1 Å². The highest BCUT2D eigenvalue weighted by Gasteiger charge is 2.27. The number of rotatable bonds is 8. The van der Waals surface area contributed by atoms with Gasteiger partial charge < -0.3 is 15.0 Å². The third-order valence-electron chi connectivity index (χ3n) is 5.90. The Bertz CT molecular complexity index is 876. The summed E-state index contributed by atoms with van der Waals surface area (Å²) in [7, 11) is 0. The summed E-state index contributed by atoms with van der Waals surface area (Å²) in [5.41, 5.74) is 2.07. The molecular formula is C25H31ClN2O3. The van der Waals surface area contributed by atoms with E-state index in [2.05, 4.69) is 19.2 Å². The first kappa shape index (κ1) is 23.1. The molecule has 2 aromatic rings. The van der Waals surface area contributed by atoms with Crippen LogP contribution in [-0.2, 0) is 9.59 Å². The van der Waals surface area contributed by atoms with Crippen molar-refractivity contribution in [3.8, 4) is 16.9 Å². The lowest BCUT2D eigenvalue weighted by atomic mass is 9.98. The molecule has 0 radical (unpaired) electrons. The maximum Gasteiger partial charge on any atom is 0.258 e. The van der Waals surface area contributed by atoms with E-state index < -0.39 is 0 Å². The predicted octanol–water partition coefficient (Wildman–Crippen LogP) is 4.93. The molecular weight excluding hydrogens is 412 g/mol. The normalized spacial score (nSPS) is 14.5. The zero-order valence-electron chi connectivity index (χ0n) is 18.3. The molecule has 6 heteroatoms. The van der Waals surface area contributed by atoms with Crippen molar-refractivity contribution < 1.29 is 14.3 Å². The van der Waals surface area contributed by atoms with Crippen molar-refractivity contribution in [3.63, 3.8) is 0 Å². The predicted molar refractivity (Wildman–Crippen MR) is 124 cm³/mol. The molecule has 2 aromatic carbocycles. The monoisotopic (exact) mass is 442 g/mol. The highest BCUT2D eigenvalue weighted by molar-refractivity contribution is 6.32. The SMILES string of the molecule is CCC(CC)C(=O)N1CCC(NC(=O)COc2ccc(-c3ccccc3)cc2Cl)CC1. The van der Waals surface area contributed by atoms with Gasteiger partial charge in [-0.05, 0) is 48.9 Å². The molecule has 0 spiro atoms. The number of nitrogens with one attached hydrogen (secondary N) is 1. The zero-order valence-corrected chi connectivity index (χ0v) is 19.0. The van der Waals surface area contributed by atoms with Crippen molar-refractivity contribution in [1.29, 1.82) is 0 Å². The standard InChI is InChI=1S/C25H31ClN2O3/c1-3-18(4-2)25(30)28-14-12-21(13-15-28)27-24(29)17-31-23-11-10-20(16-22(23)26)19-8-6-5-7-9-19/h5-11,16,18,21H,3-4,12-15,17H2,1-2H3,(H,27,29). The maximum atomic E-state index is 12.5. The summed E-state index contributed by atoms with van der Waals surface area (Å²) in [4.78, 5) is 26.8. The fourth-order valence-electron chi connectivity index (χ4n) is 3.98. The quantitative estimate of drug-likeness (QED) is 0.630. The number of hydrogen-bond donors (Lipinski definition) is 1. The highest BCUT2D eigenvalue weighted by Crippen LogP contribution is 2.30. The van der Waals surface area contributed by atoms with E-state index in [0.717, 1.165) is 36.8 Å². The Morgan fingerprint density at radius 2 is 1.74 bits per heavy atom. The van der Waals surface area contributed by atoms with Crippen LogP contribution in [0.1, 0.15) is 39.5 Å². The molecule has 1 heterocycles. The van der Waals surface area contributed by atoms with Crippen molar-refractivity contribution in [2.75, 3.05) is 19.7 Å². The number of benzene rings is 2. The van der Waals surface area contributed by atoms with E-state index in [1.807, 2.05) is 47.4 Å². The number of piperidine rings is 1. The van der Waals surface area contributed by atoms with Gasteiger partial charge in [-0.3, -0.25) is 9.59 Å². The number of carbonyl (C=O) groups is 2. The molecule has 1 aliphatic rings. The topological polar surface area (TPSA) is 58.6 Å². The minimum atomic E-state index is -0.173. The largest absolute Gasteiger partial charge is 0.482 e. The number of hydrogen-bond acceptors (Lipinski definition) is 3. The Morgan fingerprint density at radius 3 is 2.35 bits per heavy atom. The van der Waals surface area contributed by atoms with Crippen molar-refractivity contribution >= 4 is 23.4 Å². The number of amides is 2. The molecule has 0 aromatic heterocycles. The Labute approximate surface area is 189 Å². The highest BCUT2D eigenvalue weighted by atomic mass is 35.5. The summed E-state index contributed by atoms with van der Waals surface area (Å²) >= 11 is 6.36. The number of ether oxygens (including phenoxy) is 1. The number of carbonyl (C=O) groups excluding carboxylic acids is 2. The van der Waals surface area contributed by atoms with Crippen LogP contribution >= 0.6 is 11.6 Å². The lowest BCUT2D eigenvalue weighted by molar-refractivity contribution is -0.137. The molecule has 2 amide bonds. The fraction of sp³-hybridized carbons (Fsp3) is 0.440. The van der Waals surface area contributed by atoms with Gasteiger partial charge in [-0.25, -0.2) is 0 Å². The van der Waals surface area contributed by atoms with Crippen LogP contribution in [-0.4, -0.2) is 42.5 Å². The Hall–Kier alpha value is -2.53. The molecule has 0 atom stereocenters. The minimum Gasteiger partial charge on any atom is -0.482 e. The Morgan fingerprint density at radius 1 is 1.06 bits per heavy atom. The molecule has 0 aliphatic carbocycles. The summed E-state index contributed by atoms with van der Waals surface area (Å²) in [5, 5.41) is 3.49. The second-order valence-electron chi connectivity index (χ2n) is 7.98. The van der Waals surface area contributed by atoms with E-state index >= 15 is 0 Å². The van der Waals surface area contributed by atoms with Gasteiger partial charge in [0.2, 0.25) is 5.91 Å². The maximum absolute atomic E-state index is 12.5. The third-order valence-corrected chi connectivity index (χ3v) is 6.20. The first-order chi connectivity index (χ1) is 15.0. The molecule has 166 valence electrons. The first-order valence-corrected chi connectivity index (χ1v) is 11.5. The molecule has 1 N–H and O–H groups in total. The van der Waals surface area contributed by atoms with Gasteiger partial charge in [0, 0.05) is 25.0 Å². The molecule has 5 nitrogen and oxygen atoms in total. The van der Waals surface area contributed by atoms with E-state index in [0.29, 0.717) is 23.9 Å². The summed E-state index contributed by atoms with van der Waals surface area (Å²) < 4.78 is 5.64. The summed E-state index contributed by atoms with van der Waals surface area (Å²) in [6.45, 7) is 5.40. The smallest absolute Gasteiger partial charge is 0.258 e. The summed E-state index contributed by atoms with van der Waals surface area (Å²) in [5.74, 6) is 0.666. The number of nitrogens with zero attached hydrogens (tertiary/aromatic N) is 1. The van der Waals surface area contributed by atoms with Crippen LogP contribution in [0.2, 0.25) is 5.02 Å². The molecule has 1 aliphatic heterocycles. The van der Waals surface area contributed by atoms with Crippen molar-refractivity contribution in [3.05, 3.63) is 53.6 Å². The van der Waals surface area contributed by atoms with Gasteiger partial charge in [0.05, 0.1) is 5.02 Å². The Kier molecular flexibility index (Phi) is 8.35. The second kappa shape index (κ2) is 11.2. The molecule has 1 saturated heterocycles. The molecule has 31 heavy (non-hydrogen) atoms. The van der Waals surface area contributed by atoms with Gasteiger partial charge in [0.15, 0.2) is 6.61 Å². The van der Waals surface area contributed by atoms with E-state index in [9.17, 15) is 9.59 Å². The van der Waals surface area contributed by atoms with E-state index in [4.69, 9.17) is 16.3 Å². The fourth-order valence-corrected chi connectivity index (χ4v) is 4.22. The average Bonchev–Trinajstić information content (AvgIpc) is 2.80. The van der Waals surface area contributed by atoms with Crippen molar-refractivity contribution in [2.24, 2.45) is 5.92 Å². The average molecular weight is 443 g/mol. The zero-order chi connectivity index (χ0) is 22.2. The summed E-state index contributed by atoms with van der Waals surface area (Å²) in [6.07, 6.45) is 3.28. The van der Waals surface area contributed by atoms with Crippen LogP contribution in [0.4, 0.5) is 0 Å². The van der Waals surface area contributed by atoms with Crippen LogP contribution in [0, 0.1) is 5.92 Å². The van der Waals surface area contributed by atoms with Crippen LogP contribution < -0.4 is 10.1 Å². The van der Waals surface area contributed by atoms with Crippen molar-refractivity contribution in [2.45, 2.75) is 45.6 Å². The van der Waals surface area contributed by atoms with E-state index in [1.54, 1.807) is 6.07 Å². The minimum absolute atomic E-state index is 0.0674. The van der Waals surface area contributed by atoms with E-state index in [1.165, 1.54) is 0 Å². The van der Waals surface area contributed by atoms with Crippen LogP contribution in [0.3, 0.4) is 0 Å². The second-order valence-corrected chi connectivity index (χ2v) is 8.39. The molecule has 1 fully saturated rings. The van der Waals surface area contributed by atoms with Gasteiger partial charge in [0.1, 0.15) is 5.75 Å². The van der Waals surface area contributed by atoms with Gasteiger partial charge in [0.25, 0.3) is 5.91 Å². The van der Waals surface area contributed by atoms with Crippen LogP contribution in [0.15, 0.2) is 48.5 Å². The Balaban J connectivity index is 1.45.